The maximum absolute atomic E-state index is 3.21. The molecule has 0 fully saturated rings. The van der Waals surface area contributed by atoms with E-state index in [4.69, 9.17) is 0 Å². The van der Waals surface area contributed by atoms with Crippen molar-refractivity contribution in [3.8, 4) is 0 Å². The van der Waals surface area contributed by atoms with Crippen LogP contribution >= 0.6 is 0 Å². The summed E-state index contributed by atoms with van der Waals surface area (Å²) in [6, 6.07) is 14.7. The van der Waals surface area contributed by atoms with E-state index in [0.717, 1.165) is 12.8 Å². The number of hydrogen-bond donors (Lipinski definition) is 0. The van der Waals surface area contributed by atoms with Crippen molar-refractivity contribution in [3.05, 3.63) is 66.3 Å². The van der Waals surface area contributed by atoms with Crippen molar-refractivity contribution < 1.29 is 46.5 Å². The second-order valence-electron chi connectivity index (χ2n) is 3.82. The average Bonchev–Trinajstić information content (AvgIpc) is 3.01. The molecule has 0 heterocycles. The predicted molar refractivity (Wildman–Crippen MR) is 70.3 cm³/mol. The molecule has 0 radical (unpaired) electrons. The van der Waals surface area contributed by atoms with Crippen LogP contribution in [0.5, 0.6) is 0 Å². The summed E-state index contributed by atoms with van der Waals surface area (Å²) in [5.41, 5.74) is 1.36. The molecular weight excluding hydrogens is 311 g/mol. The standard InChI is InChI=1S/C9H7.C7H9.2ClH.Ti/c1-2-5-9-7-3-6-8(9)4-1;1-2-7-5-3-4-6-7;;;/h1-7H;3,5H,2,4H2,1H3;2*1H;/q2*-1;;;+4/p-2. The van der Waals surface area contributed by atoms with Crippen LogP contribution in [0.3, 0.4) is 0 Å². The monoisotopic (exact) mass is 326 g/mol. The molecule has 19 heavy (non-hydrogen) atoms. The zero-order valence-corrected chi connectivity index (χ0v) is 13.9. The number of benzene rings is 1. The van der Waals surface area contributed by atoms with Crippen LogP contribution in [0.4, 0.5) is 0 Å². The number of allylic oxidation sites excluding steroid dienone is 4. The molecule has 0 nitrogen and oxygen atoms in total. The molecule has 0 N–H and O–H groups in total. The Morgan fingerprint density at radius 3 is 2.42 bits per heavy atom. The molecule has 0 unspecified atom stereocenters. The predicted octanol–water partition coefficient (Wildman–Crippen LogP) is -1.35. The Bertz CT molecular complexity index is 482. The minimum absolute atomic E-state index is 0. The molecule has 1 aliphatic carbocycles. The van der Waals surface area contributed by atoms with Gasteiger partial charge in [-0.15, -0.1) is 36.1 Å². The van der Waals surface area contributed by atoms with Crippen LogP contribution in [0, 0.1) is 6.08 Å². The molecule has 98 valence electrons. The number of rotatable bonds is 1. The summed E-state index contributed by atoms with van der Waals surface area (Å²) in [6.45, 7) is 2.15. The van der Waals surface area contributed by atoms with Gasteiger partial charge in [-0.2, -0.15) is 23.6 Å². The Hall–Kier alpha value is -0.396. The Balaban J connectivity index is 0. The molecule has 0 bridgehead atoms. The molecule has 1 aliphatic rings. The molecule has 3 rings (SSSR count). The van der Waals surface area contributed by atoms with Gasteiger partial charge >= 0.3 is 21.7 Å². The minimum Gasteiger partial charge on any atom is -1.00 e. The van der Waals surface area contributed by atoms with Crippen LogP contribution in [0.25, 0.3) is 10.8 Å². The van der Waals surface area contributed by atoms with Gasteiger partial charge in [-0.3, -0.25) is 6.08 Å². The van der Waals surface area contributed by atoms with Crippen LogP contribution in [0.1, 0.15) is 19.8 Å². The quantitative estimate of drug-likeness (QED) is 0.449. The van der Waals surface area contributed by atoms with Gasteiger partial charge in [0.25, 0.3) is 0 Å². The fraction of sp³-hybridized carbons (Fsp3) is 0.188. The van der Waals surface area contributed by atoms with Crippen LogP contribution in [-0.4, -0.2) is 0 Å². The molecule has 0 aliphatic heterocycles. The van der Waals surface area contributed by atoms with E-state index in [2.05, 4.69) is 67.6 Å². The first kappa shape index (κ1) is 20.9. The maximum Gasteiger partial charge on any atom is 4.00 e. The van der Waals surface area contributed by atoms with Gasteiger partial charge in [-0.25, -0.2) is 11.6 Å². The van der Waals surface area contributed by atoms with Gasteiger partial charge in [-0.05, 0) is 0 Å². The summed E-state index contributed by atoms with van der Waals surface area (Å²) in [7, 11) is 0. The zero-order valence-electron chi connectivity index (χ0n) is 10.9. The van der Waals surface area contributed by atoms with E-state index in [1.807, 2.05) is 0 Å². The Kier molecular flexibility index (Phi) is 12.6. The fourth-order valence-corrected chi connectivity index (χ4v) is 1.76. The molecule has 0 spiro atoms. The summed E-state index contributed by atoms with van der Waals surface area (Å²) >= 11 is 0. The molecule has 0 saturated carbocycles. The van der Waals surface area contributed by atoms with Gasteiger partial charge in [-0.1, -0.05) is 19.4 Å². The molecule has 0 amide bonds. The molecule has 0 atom stereocenters. The smallest absolute Gasteiger partial charge is 1.00 e. The molecular formula is C16H16Cl2Ti. The van der Waals surface area contributed by atoms with Crippen molar-refractivity contribution in [3.63, 3.8) is 0 Å². The number of hydrogen-bond acceptors (Lipinski definition) is 0. The molecule has 2 aromatic carbocycles. The second kappa shape index (κ2) is 11.4. The van der Waals surface area contributed by atoms with Crippen LogP contribution < -0.4 is 24.8 Å². The number of halogens is 2. The summed E-state index contributed by atoms with van der Waals surface area (Å²) in [6.07, 6.45) is 9.65. The molecule has 0 aromatic heterocycles. The Morgan fingerprint density at radius 2 is 1.89 bits per heavy atom. The van der Waals surface area contributed by atoms with Crippen molar-refractivity contribution in [1.29, 1.82) is 0 Å². The maximum atomic E-state index is 3.21. The third kappa shape index (κ3) is 6.54. The zero-order chi connectivity index (χ0) is 11.2. The first-order valence-corrected chi connectivity index (χ1v) is 5.77. The SMILES string of the molecule is CCC1=[C-]CC=C1.[Cl-].[Cl-].[Ti+4].c1ccc2[cH-]ccc2c1. The van der Waals surface area contributed by atoms with E-state index in [-0.39, 0.29) is 46.5 Å². The largest absolute Gasteiger partial charge is 4.00 e. The van der Waals surface area contributed by atoms with Gasteiger partial charge in [0.2, 0.25) is 0 Å². The third-order valence-electron chi connectivity index (χ3n) is 2.69. The van der Waals surface area contributed by atoms with Gasteiger partial charge in [0, 0.05) is 0 Å². The summed E-state index contributed by atoms with van der Waals surface area (Å²) in [4.78, 5) is 0. The van der Waals surface area contributed by atoms with E-state index in [1.165, 1.54) is 16.3 Å². The van der Waals surface area contributed by atoms with E-state index in [0.29, 0.717) is 0 Å². The second-order valence-corrected chi connectivity index (χ2v) is 3.82. The first-order valence-electron chi connectivity index (χ1n) is 5.77. The van der Waals surface area contributed by atoms with Crippen molar-refractivity contribution in [2.75, 3.05) is 0 Å². The minimum atomic E-state index is 0. The van der Waals surface area contributed by atoms with E-state index in [9.17, 15) is 0 Å². The van der Waals surface area contributed by atoms with Crippen LogP contribution in [0.15, 0.2) is 60.2 Å². The van der Waals surface area contributed by atoms with Crippen molar-refractivity contribution >= 4 is 10.8 Å². The first-order chi connectivity index (χ1) is 7.90. The summed E-state index contributed by atoms with van der Waals surface area (Å²) < 4.78 is 0. The van der Waals surface area contributed by atoms with Crippen LogP contribution in [0.2, 0.25) is 0 Å². The topological polar surface area (TPSA) is 0 Å². The molecule has 3 heteroatoms. The Morgan fingerprint density at radius 1 is 1.16 bits per heavy atom. The fourth-order valence-electron chi connectivity index (χ4n) is 1.76. The third-order valence-corrected chi connectivity index (χ3v) is 2.69. The van der Waals surface area contributed by atoms with Gasteiger partial charge in [0.05, 0.1) is 0 Å². The summed E-state index contributed by atoms with van der Waals surface area (Å²) in [5.74, 6) is 0. The van der Waals surface area contributed by atoms with E-state index < -0.39 is 0 Å². The van der Waals surface area contributed by atoms with E-state index >= 15 is 0 Å². The van der Waals surface area contributed by atoms with Gasteiger partial charge in [0.1, 0.15) is 0 Å². The molecule has 0 saturated heterocycles. The van der Waals surface area contributed by atoms with Gasteiger partial charge < -0.3 is 24.8 Å². The van der Waals surface area contributed by atoms with Crippen LogP contribution in [-0.2, 0) is 21.7 Å². The van der Waals surface area contributed by atoms with Crippen molar-refractivity contribution in [2.24, 2.45) is 0 Å². The van der Waals surface area contributed by atoms with Crippen molar-refractivity contribution in [1.82, 2.24) is 0 Å². The Labute approximate surface area is 143 Å². The van der Waals surface area contributed by atoms with E-state index in [1.54, 1.807) is 0 Å². The molecule has 2 aromatic rings. The average molecular weight is 327 g/mol. The number of fused-ring (bicyclic) bond motifs is 1. The van der Waals surface area contributed by atoms with Crippen molar-refractivity contribution in [2.45, 2.75) is 19.8 Å². The normalized spacial score (nSPS) is 11.3. The van der Waals surface area contributed by atoms with Gasteiger partial charge in [0.15, 0.2) is 0 Å². The summed E-state index contributed by atoms with van der Waals surface area (Å²) in [5, 5.41) is 2.66.